The van der Waals surface area contributed by atoms with Crippen LogP contribution in [0.5, 0.6) is 11.5 Å². The van der Waals surface area contributed by atoms with Crippen LogP contribution < -0.4 is 20.1 Å². The van der Waals surface area contributed by atoms with Gasteiger partial charge in [0, 0.05) is 46.9 Å². The second-order valence-electron chi connectivity index (χ2n) is 16.3. The highest BCUT2D eigenvalue weighted by atomic mass is 16.7. The Kier molecular flexibility index (Phi) is 11.1. The van der Waals surface area contributed by atoms with E-state index in [2.05, 4.69) is 15.0 Å². The first-order chi connectivity index (χ1) is 29.9. The van der Waals surface area contributed by atoms with Gasteiger partial charge in [0.05, 0.1) is 23.9 Å². The molecule has 1 saturated carbocycles. The van der Waals surface area contributed by atoms with E-state index >= 15 is 0 Å². The largest absolute Gasteiger partial charge is 0.486 e. The maximum Gasteiger partial charge on any atom is 0.302 e. The van der Waals surface area contributed by atoms with E-state index in [0.29, 0.717) is 35.9 Å². The van der Waals surface area contributed by atoms with Gasteiger partial charge in [-0.2, -0.15) is 9.98 Å². The Bertz CT molecular complexity index is 2440. The van der Waals surface area contributed by atoms with Crippen molar-refractivity contribution in [2.75, 3.05) is 24.8 Å². The smallest absolute Gasteiger partial charge is 0.302 e. The fraction of sp³-hybridized carbons (Fsp3) is 0.432. The fourth-order valence-corrected chi connectivity index (χ4v) is 9.51. The highest BCUT2D eigenvalue weighted by Gasteiger charge is 2.55. The summed E-state index contributed by atoms with van der Waals surface area (Å²) in [7, 11) is 0. The number of nitrogens with zero attached hydrogens (tertiary/aromatic N) is 4. The average Bonchev–Trinajstić information content (AvgIpc) is 3.70. The molecule has 0 radical (unpaired) electrons. The van der Waals surface area contributed by atoms with Crippen LogP contribution in [0.3, 0.4) is 0 Å². The Morgan fingerprint density at radius 1 is 0.935 bits per heavy atom. The number of guanidine groups is 1. The Morgan fingerprint density at radius 3 is 2.50 bits per heavy atom. The number of para-hydroxylation sites is 1. The minimum absolute atomic E-state index is 0.0176. The number of carbonyl (C=O) groups is 4. The molecule has 1 amide bonds. The lowest BCUT2D eigenvalue weighted by atomic mass is 9.76. The number of nitrogens with two attached hydrogens (primary N) is 1. The molecule has 324 valence electrons. The number of aldehydes is 1. The van der Waals surface area contributed by atoms with Crippen LogP contribution in [0.25, 0.3) is 0 Å². The number of aliphatic imine (C=N–C) groups is 3. The fourth-order valence-electron chi connectivity index (χ4n) is 9.51. The van der Waals surface area contributed by atoms with Gasteiger partial charge in [0.25, 0.3) is 0 Å². The SMILES string of the molecule is NC1=NC(=O)C2=NCN(c3ccccc3C3CCOC4(CCCCC4)C4OC(Oc5c3cc3c(c5OCC(O)CC=O)C(=O)c5cc(CO)ccc5C3=O)C(O)C(O)C4O)C2=N1. The molecule has 62 heavy (non-hydrogen) atoms. The molecule has 3 aromatic rings. The Balaban J connectivity index is 1.29. The standard InChI is InChI=1S/C44H45N5O13/c45-43-47-40-31(41(58)48-43)46-20-49(40)29-7-3-2-6-24(29)23-11-15-60-44(12-4-1-5-13-44)39-35(56)34(55)36(57)42(62-39)61-37-27(23)17-28-30(38(37)59-19-22(52)10-14-50)33(54)26-16-21(18-51)8-9-25(26)32(28)53/h2-3,6-9,14,16-17,22-23,34-36,39,42,51-52,55-57H,1,4-5,10-13,15,18-20H2,(H2,45,48,58). The van der Waals surface area contributed by atoms with Crippen molar-refractivity contribution in [3.8, 4) is 11.5 Å². The van der Waals surface area contributed by atoms with E-state index in [1.807, 2.05) is 6.07 Å². The third-order valence-corrected chi connectivity index (χ3v) is 12.6. The van der Waals surface area contributed by atoms with Crippen molar-refractivity contribution in [2.45, 2.75) is 99.9 Å². The molecule has 2 aliphatic carbocycles. The summed E-state index contributed by atoms with van der Waals surface area (Å²) in [5.74, 6) is -3.30. The van der Waals surface area contributed by atoms with Crippen molar-refractivity contribution in [3.63, 3.8) is 0 Å². The number of aliphatic hydroxyl groups excluding tert-OH is 5. The van der Waals surface area contributed by atoms with Crippen LogP contribution in [-0.2, 0) is 25.7 Å². The molecule has 7 N–H and O–H groups in total. The van der Waals surface area contributed by atoms with Crippen LogP contribution in [0.15, 0.2) is 63.5 Å². The zero-order chi connectivity index (χ0) is 43.4. The molecule has 6 aliphatic rings. The summed E-state index contributed by atoms with van der Waals surface area (Å²) in [6.07, 6.45) is -5.89. The topological polar surface area (TPSA) is 273 Å². The Morgan fingerprint density at radius 2 is 1.73 bits per heavy atom. The molecule has 4 aliphatic heterocycles. The van der Waals surface area contributed by atoms with Crippen molar-refractivity contribution in [1.29, 1.82) is 0 Å². The number of ketones is 2. The lowest BCUT2D eigenvalue weighted by Gasteiger charge is -2.50. The Labute approximate surface area is 354 Å². The first-order valence-corrected chi connectivity index (χ1v) is 20.6. The maximum absolute atomic E-state index is 14.7. The molecule has 7 atom stereocenters. The number of ether oxygens (including phenoxy) is 4. The van der Waals surface area contributed by atoms with E-state index in [1.165, 1.54) is 24.3 Å². The van der Waals surface area contributed by atoms with Crippen molar-refractivity contribution >= 4 is 47.0 Å². The first-order valence-electron chi connectivity index (χ1n) is 20.6. The number of hydrogen-bond donors (Lipinski definition) is 6. The second-order valence-corrected chi connectivity index (χ2v) is 16.3. The van der Waals surface area contributed by atoms with Crippen molar-refractivity contribution in [2.24, 2.45) is 20.7 Å². The molecule has 7 unspecified atom stereocenters. The second kappa shape index (κ2) is 16.5. The molecular formula is C44H45N5O13. The van der Waals surface area contributed by atoms with Gasteiger partial charge >= 0.3 is 5.91 Å². The summed E-state index contributed by atoms with van der Waals surface area (Å²) in [5.41, 5.74) is 6.27. The predicted molar refractivity (Wildman–Crippen MR) is 219 cm³/mol. The van der Waals surface area contributed by atoms with Crippen LogP contribution in [-0.4, -0.2) is 129 Å². The lowest BCUT2D eigenvalue weighted by Crippen LogP contribution is -2.66. The number of carbonyl (C=O) groups excluding carboxylic acids is 4. The van der Waals surface area contributed by atoms with Gasteiger partial charge in [-0.1, -0.05) is 43.5 Å². The zero-order valence-corrected chi connectivity index (χ0v) is 33.4. The number of aliphatic hydroxyl groups is 5. The summed E-state index contributed by atoms with van der Waals surface area (Å²) in [4.78, 5) is 68.0. The number of benzene rings is 3. The van der Waals surface area contributed by atoms with E-state index in [-0.39, 0.29) is 82.9 Å². The van der Waals surface area contributed by atoms with Gasteiger partial charge in [-0.15, -0.1) is 0 Å². The van der Waals surface area contributed by atoms with Crippen molar-refractivity contribution < 1.29 is 63.7 Å². The molecule has 3 aromatic carbocycles. The lowest BCUT2D eigenvalue weighted by molar-refractivity contribution is -0.314. The molecular weight excluding hydrogens is 807 g/mol. The van der Waals surface area contributed by atoms with Crippen LogP contribution in [0.1, 0.15) is 99.4 Å². The van der Waals surface area contributed by atoms with Gasteiger partial charge in [-0.05, 0) is 54.7 Å². The third kappa shape index (κ3) is 7.01. The van der Waals surface area contributed by atoms with Gasteiger partial charge in [0.15, 0.2) is 34.6 Å². The van der Waals surface area contributed by atoms with E-state index in [4.69, 9.17) is 24.7 Å². The van der Waals surface area contributed by atoms with E-state index in [1.54, 1.807) is 23.1 Å². The quantitative estimate of drug-likeness (QED) is 0.136. The van der Waals surface area contributed by atoms with E-state index in [0.717, 1.165) is 19.3 Å². The number of hydrogen-bond acceptors (Lipinski definition) is 17. The number of anilines is 1. The van der Waals surface area contributed by atoms with Crippen LogP contribution in [0.4, 0.5) is 5.69 Å². The van der Waals surface area contributed by atoms with Gasteiger partial charge in [0.1, 0.15) is 44.0 Å². The minimum atomic E-state index is -1.86. The van der Waals surface area contributed by atoms with Crippen molar-refractivity contribution in [3.05, 3.63) is 87.5 Å². The van der Waals surface area contributed by atoms with E-state index < -0.39 is 79.0 Å². The number of rotatable bonds is 8. The summed E-state index contributed by atoms with van der Waals surface area (Å²) >= 11 is 0. The van der Waals surface area contributed by atoms with Gasteiger partial charge in [-0.3, -0.25) is 19.4 Å². The third-order valence-electron chi connectivity index (χ3n) is 12.6. The van der Waals surface area contributed by atoms with Crippen LogP contribution >= 0.6 is 0 Å². The average molecular weight is 852 g/mol. The number of fused-ring (bicyclic) bond motifs is 7. The number of amidine groups is 1. The minimum Gasteiger partial charge on any atom is -0.486 e. The summed E-state index contributed by atoms with van der Waals surface area (Å²) in [5, 5.41) is 55.3. The normalized spacial score (nSPS) is 27.0. The molecule has 2 bridgehead atoms. The van der Waals surface area contributed by atoms with Gasteiger partial charge < -0.3 is 59.9 Å². The Hall–Kier alpha value is -5.73. The van der Waals surface area contributed by atoms with Gasteiger partial charge in [-0.25, -0.2) is 0 Å². The molecule has 9 rings (SSSR count). The molecule has 18 heteroatoms. The highest BCUT2D eigenvalue weighted by Crippen LogP contribution is 2.51. The summed E-state index contributed by atoms with van der Waals surface area (Å²) < 4.78 is 26.3. The monoisotopic (exact) mass is 851 g/mol. The molecule has 2 fully saturated rings. The number of amides is 1. The zero-order valence-electron chi connectivity index (χ0n) is 33.4. The molecule has 1 spiro atoms. The van der Waals surface area contributed by atoms with Crippen LogP contribution in [0.2, 0.25) is 0 Å². The van der Waals surface area contributed by atoms with Gasteiger partial charge in [0.2, 0.25) is 12.2 Å². The predicted octanol–water partition coefficient (Wildman–Crippen LogP) is 1.20. The van der Waals surface area contributed by atoms with E-state index in [9.17, 15) is 44.7 Å². The molecule has 18 nitrogen and oxygen atoms in total. The maximum atomic E-state index is 14.7. The molecule has 4 heterocycles. The van der Waals surface area contributed by atoms with Crippen molar-refractivity contribution in [1.82, 2.24) is 0 Å². The highest BCUT2D eigenvalue weighted by molar-refractivity contribution is 6.72. The molecule has 0 aromatic heterocycles. The summed E-state index contributed by atoms with van der Waals surface area (Å²) in [6.45, 7) is -0.968. The summed E-state index contributed by atoms with van der Waals surface area (Å²) in [6, 6.07) is 13.1. The van der Waals surface area contributed by atoms with Crippen LogP contribution in [0, 0.1) is 0 Å². The first kappa shape index (κ1) is 41.6. The molecule has 1 saturated heterocycles.